The minimum absolute atomic E-state index is 0.186. The summed E-state index contributed by atoms with van der Waals surface area (Å²) in [5, 5.41) is 3.57. The number of nitrogens with one attached hydrogen (secondary N) is 1. The molecule has 27 heavy (non-hydrogen) atoms. The summed E-state index contributed by atoms with van der Waals surface area (Å²) in [6, 6.07) is 2.46. The molecular weight excluding hydrogens is 338 g/mol. The fourth-order valence-electron chi connectivity index (χ4n) is 4.35. The van der Waals surface area contributed by atoms with Crippen LogP contribution in [0.2, 0.25) is 0 Å². The van der Waals surface area contributed by atoms with E-state index in [1.807, 2.05) is 0 Å². The van der Waals surface area contributed by atoms with Gasteiger partial charge in [-0.25, -0.2) is 9.97 Å². The minimum atomic E-state index is 0.186. The van der Waals surface area contributed by atoms with E-state index < -0.39 is 0 Å². The van der Waals surface area contributed by atoms with Crippen molar-refractivity contribution in [1.29, 1.82) is 0 Å². The van der Waals surface area contributed by atoms with Gasteiger partial charge in [0.2, 0.25) is 5.91 Å². The highest BCUT2D eigenvalue weighted by molar-refractivity contribution is 5.78. The van der Waals surface area contributed by atoms with Gasteiger partial charge in [0, 0.05) is 44.2 Å². The first kappa shape index (κ1) is 19.9. The lowest BCUT2D eigenvalue weighted by Gasteiger charge is -2.35. The second-order valence-corrected chi connectivity index (χ2v) is 8.21. The molecule has 2 saturated heterocycles. The average Bonchev–Trinajstić information content (AvgIpc) is 2.69. The lowest BCUT2D eigenvalue weighted by molar-refractivity contribution is -0.136. The molecule has 0 radical (unpaired) electrons. The predicted octanol–water partition coefficient (Wildman–Crippen LogP) is 3.55. The van der Waals surface area contributed by atoms with Gasteiger partial charge >= 0.3 is 0 Å². The summed E-state index contributed by atoms with van der Waals surface area (Å²) >= 11 is 0. The number of anilines is 2. The van der Waals surface area contributed by atoms with Crippen molar-refractivity contribution < 1.29 is 4.79 Å². The van der Waals surface area contributed by atoms with Crippen LogP contribution in [-0.2, 0) is 4.79 Å². The minimum Gasteiger partial charge on any atom is -0.367 e. The summed E-state index contributed by atoms with van der Waals surface area (Å²) in [4.78, 5) is 25.9. The zero-order valence-electron chi connectivity index (χ0n) is 17.2. The van der Waals surface area contributed by atoms with Crippen LogP contribution < -0.4 is 10.2 Å². The van der Waals surface area contributed by atoms with Crippen LogP contribution in [0.5, 0.6) is 0 Å². The summed E-state index contributed by atoms with van der Waals surface area (Å²) in [6.45, 7) is 10.4. The van der Waals surface area contributed by atoms with Crippen molar-refractivity contribution in [2.24, 2.45) is 11.8 Å². The van der Waals surface area contributed by atoms with Gasteiger partial charge in [0.25, 0.3) is 0 Å². The van der Waals surface area contributed by atoms with E-state index in [4.69, 9.17) is 0 Å². The third kappa shape index (κ3) is 5.11. The molecule has 0 aromatic carbocycles. The molecule has 6 nitrogen and oxygen atoms in total. The molecule has 3 rings (SSSR count). The number of carbonyl (C=O) groups is 1. The molecule has 1 N–H and O–H groups in total. The van der Waals surface area contributed by atoms with Gasteiger partial charge in [-0.3, -0.25) is 4.79 Å². The Morgan fingerprint density at radius 2 is 1.93 bits per heavy atom. The molecule has 1 aromatic rings. The van der Waals surface area contributed by atoms with Crippen molar-refractivity contribution in [2.75, 3.05) is 36.4 Å². The topological polar surface area (TPSA) is 61.4 Å². The van der Waals surface area contributed by atoms with Crippen LogP contribution in [0.4, 0.5) is 11.6 Å². The van der Waals surface area contributed by atoms with E-state index >= 15 is 0 Å². The summed E-state index contributed by atoms with van der Waals surface area (Å²) in [7, 11) is 0. The van der Waals surface area contributed by atoms with Crippen LogP contribution in [0.3, 0.4) is 0 Å². The van der Waals surface area contributed by atoms with E-state index in [2.05, 4.69) is 51.9 Å². The molecule has 3 heterocycles. The summed E-state index contributed by atoms with van der Waals surface area (Å²) in [5.74, 6) is 3.18. The zero-order chi connectivity index (χ0) is 19.2. The van der Waals surface area contributed by atoms with Gasteiger partial charge in [-0.1, -0.05) is 20.8 Å². The number of nitrogens with zero attached hydrogens (tertiary/aromatic N) is 4. The van der Waals surface area contributed by atoms with E-state index in [0.29, 0.717) is 11.9 Å². The Bertz CT molecular complexity index is 610. The smallest absolute Gasteiger partial charge is 0.225 e. The second kappa shape index (κ2) is 9.38. The molecule has 6 heteroatoms. The third-order valence-electron chi connectivity index (χ3n) is 6.13. The number of piperidine rings is 2. The van der Waals surface area contributed by atoms with Crippen LogP contribution in [0.25, 0.3) is 0 Å². The molecule has 0 saturated carbocycles. The highest BCUT2D eigenvalue weighted by atomic mass is 16.2. The van der Waals surface area contributed by atoms with Crippen LogP contribution in [0, 0.1) is 11.8 Å². The molecule has 1 amide bonds. The Kier molecular flexibility index (Phi) is 6.91. The van der Waals surface area contributed by atoms with Crippen LogP contribution in [-0.4, -0.2) is 53.0 Å². The number of carbonyl (C=O) groups excluding carboxylic acids is 1. The van der Waals surface area contributed by atoms with E-state index in [1.54, 1.807) is 6.33 Å². The highest BCUT2D eigenvalue weighted by Crippen LogP contribution is 2.24. The summed E-state index contributed by atoms with van der Waals surface area (Å²) in [5.41, 5.74) is 0. The standard InChI is InChI=1S/C21H35N5O/c1-4-17(5-2)21(27)25-11-8-18(9-12-25)24-19-13-20(23-15-22-19)26-10-6-7-16(3)14-26/h13,15-18H,4-12,14H2,1-3H3,(H,22,23,24). The van der Waals surface area contributed by atoms with Crippen LogP contribution in [0.1, 0.15) is 59.3 Å². The molecule has 1 aromatic heterocycles. The van der Waals surface area contributed by atoms with Gasteiger partial charge in [0.05, 0.1) is 0 Å². The number of rotatable bonds is 6. The van der Waals surface area contributed by atoms with E-state index in [9.17, 15) is 4.79 Å². The number of likely N-dealkylation sites (tertiary alicyclic amines) is 1. The third-order valence-corrected chi connectivity index (χ3v) is 6.13. The normalized spacial score (nSPS) is 21.6. The predicted molar refractivity (Wildman–Crippen MR) is 110 cm³/mol. The van der Waals surface area contributed by atoms with Crippen molar-refractivity contribution in [3.8, 4) is 0 Å². The van der Waals surface area contributed by atoms with Gasteiger partial charge in [-0.15, -0.1) is 0 Å². The first-order valence-electron chi connectivity index (χ1n) is 10.7. The van der Waals surface area contributed by atoms with Crippen molar-refractivity contribution in [1.82, 2.24) is 14.9 Å². The molecule has 1 unspecified atom stereocenters. The molecule has 2 aliphatic heterocycles. The fourth-order valence-corrected chi connectivity index (χ4v) is 4.35. The molecule has 2 fully saturated rings. The fraction of sp³-hybridized carbons (Fsp3) is 0.762. The largest absolute Gasteiger partial charge is 0.367 e. The molecule has 0 bridgehead atoms. The van der Waals surface area contributed by atoms with Crippen LogP contribution in [0.15, 0.2) is 12.4 Å². The number of hydrogen-bond acceptors (Lipinski definition) is 5. The zero-order valence-corrected chi connectivity index (χ0v) is 17.2. The summed E-state index contributed by atoms with van der Waals surface area (Å²) in [6.07, 6.45) is 8.04. The molecule has 0 aliphatic carbocycles. The number of aromatic nitrogens is 2. The molecule has 0 spiro atoms. The van der Waals surface area contributed by atoms with Crippen molar-refractivity contribution in [3.63, 3.8) is 0 Å². The maximum absolute atomic E-state index is 12.6. The van der Waals surface area contributed by atoms with Crippen molar-refractivity contribution in [3.05, 3.63) is 12.4 Å². The molecule has 2 aliphatic rings. The Labute approximate surface area is 163 Å². The van der Waals surface area contributed by atoms with Crippen LogP contribution >= 0.6 is 0 Å². The Balaban J connectivity index is 1.53. The lowest BCUT2D eigenvalue weighted by atomic mass is 9.98. The Hall–Kier alpha value is -1.85. The van der Waals surface area contributed by atoms with Gasteiger partial charge in [-0.2, -0.15) is 0 Å². The second-order valence-electron chi connectivity index (χ2n) is 8.21. The maximum atomic E-state index is 12.6. The summed E-state index contributed by atoms with van der Waals surface area (Å²) < 4.78 is 0. The van der Waals surface area contributed by atoms with Gasteiger partial charge < -0.3 is 15.1 Å². The monoisotopic (exact) mass is 373 g/mol. The molecular formula is C21H35N5O. The van der Waals surface area contributed by atoms with Gasteiger partial charge in [0.1, 0.15) is 18.0 Å². The van der Waals surface area contributed by atoms with Gasteiger partial charge in [0.15, 0.2) is 0 Å². The van der Waals surface area contributed by atoms with E-state index in [-0.39, 0.29) is 5.92 Å². The SMILES string of the molecule is CCC(CC)C(=O)N1CCC(Nc2cc(N3CCCC(C)C3)ncn2)CC1. The van der Waals surface area contributed by atoms with E-state index in [1.165, 1.54) is 12.8 Å². The van der Waals surface area contributed by atoms with Crippen molar-refractivity contribution in [2.45, 2.75) is 65.3 Å². The Morgan fingerprint density at radius 3 is 2.59 bits per heavy atom. The Morgan fingerprint density at radius 1 is 1.19 bits per heavy atom. The number of hydrogen-bond donors (Lipinski definition) is 1. The first-order valence-corrected chi connectivity index (χ1v) is 10.7. The molecule has 150 valence electrons. The van der Waals surface area contributed by atoms with Crippen molar-refractivity contribution >= 4 is 17.5 Å². The average molecular weight is 374 g/mol. The first-order chi connectivity index (χ1) is 13.1. The highest BCUT2D eigenvalue weighted by Gasteiger charge is 2.26. The van der Waals surface area contributed by atoms with E-state index in [0.717, 1.165) is 69.4 Å². The maximum Gasteiger partial charge on any atom is 0.225 e. The number of amides is 1. The van der Waals surface area contributed by atoms with Gasteiger partial charge in [-0.05, 0) is 44.4 Å². The molecule has 1 atom stereocenters. The quantitative estimate of drug-likeness (QED) is 0.826. The lowest BCUT2D eigenvalue weighted by Crippen LogP contribution is -2.44.